The number of rotatable bonds is 0. The summed E-state index contributed by atoms with van der Waals surface area (Å²) in [5, 5.41) is 0. The number of amides is 2. The Morgan fingerprint density at radius 2 is 1.35 bits per heavy atom. The Labute approximate surface area is 106 Å². The first-order valence-electron chi connectivity index (χ1n) is 4.94. The lowest BCUT2D eigenvalue weighted by atomic mass is 10.2. The minimum atomic E-state index is -1.12. The molecular formula is C11H14ClN3O2. The number of nitrogens with two attached hydrogens (primary N) is 1. The van der Waals surface area contributed by atoms with Gasteiger partial charge < -0.3 is 15.5 Å². The summed E-state index contributed by atoms with van der Waals surface area (Å²) in [5.41, 5.74) is 6.98. The molecule has 0 saturated carbocycles. The molecule has 2 amide bonds. The fourth-order valence-electron chi connectivity index (χ4n) is 1.79. The Kier molecular flexibility index (Phi) is 3.75. The van der Waals surface area contributed by atoms with Gasteiger partial charge in [-0.25, -0.2) is 0 Å². The molecule has 0 bridgehead atoms. The molecule has 0 unspecified atom stereocenters. The maximum atomic E-state index is 11.8. The van der Waals surface area contributed by atoms with Crippen LogP contribution in [0.1, 0.15) is 0 Å². The highest BCUT2D eigenvalue weighted by atomic mass is 35.5. The van der Waals surface area contributed by atoms with Crippen LogP contribution in [0.3, 0.4) is 0 Å². The van der Waals surface area contributed by atoms with Crippen molar-refractivity contribution in [3.63, 3.8) is 0 Å². The molecule has 2 rings (SSSR count). The second-order valence-electron chi connectivity index (χ2n) is 3.76. The zero-order valence-corrected chi connectivity index (χ0v) is 10.4. The standard InChI is InChI=1S/C11H13N3O2.ClH/c1-13-7-5-3-4-6-8(7)14(2)11(16)9(12)10(13)15;/h3-6,9H,12H2,1-2H3;1H. The molecule has 0 spiro atoms. The first kappa shape index (κ1) is 13.5. The second kappa shape index (κ2) is 4.73. The van der Waals surface area contributed by atoms with Crippen molar-refractivity contribution < 1.29 is 9.59 Å². The maximum absolute atomic E-state index is 11.8. The molecule has 1 aromatic carbocycles. The van der Waals surface area contributed by atoms with Gasteiger partial charge in [-0.2, -0.15) is 0 Å². The van der Waals surface area contributed by atoms with Crippen molar-refractivity contribution >= 4 is 35.6 Å². The van der Waals surface area contributed by atoms with Crippen molar-refractivity contribution in [2.24, 2.45) is 5.73 Å². The van der Waals surface area contributed by atoms with E-state index in [-0.39, 0.29) is 24.2 Å². The molecule has 6 heteroatoms. The number of hydrogen-bond donors (Lipinski definition) is 1. The third kappa shape index (κ3) is 1.99. The van der Waals surface area contributed by atoms with Crippen LogP contribution in [0.25, 0.3) is 0 Å². The lowest BCUT2D eigenvalue weighted by Gasteiger charge is -2.19. The van der Waals surface area contributed by atoms with Crippen LogP contribution < -0.4 is 15.5 Å². The molecule has 1 aromatic rings. The van der Waals surface area contributed by atoms with E-state index < -0.39 is 6.04 Å². The Bertz CT molecular complexity index is 423. The molecule has 17 heavy (non-hydrogen) atoms. The highest BCUT2D eigenvalue weighted by Crippen LogP contribution is 2.30. The molecule has 0 aliphatic carbocycles. The van der Waals surface area contributed by atoms with Gasteiger partial charge in [0.05, 0.1) is 11.4 Å². The number of likely N-dealkylation sites (N-methyl/N-ethyl adjacent to an activating group) is 2. The summed E-state index contributed by atoms with van der Waals surface area (Å²) in [6, 6.07) is 6.09. The lowest BCUT2D eigenvalue weighted by Crippen LogP contribution is -2.49. The van der Waals surface area contributed by atoms with E-state index in [9.17, 15) is 9.59 Å². The van der Waals surface area contributed by atoms with Crippen molar-refractivity contribution in [3.8, 4) is 0 Å². The monoisotopic (exact) mass is 255 g/mol. The Morgan fingerprint density at radius 3 is 1.71 bits per heavy atom. The van der Waals surface area contributed by atoms with Crippen LogP contribution in [-0.2, 0) is 9.59 Å². The molecule has 0 atom stereocenters. The summed E-state index contributed by atoms with van der Waals surface area (Å²) in [6.07, 6.45) is 0. The van der Waals surface area contributed by atoms with Crippen molar-refractivity contribution in [2.75, 3.05) is 23.9 Å². The number of carbonyl (C=O) groups is 2. The molecule has 0 fully saturated rings. The molecule has 2 N–H and O–H groups in total. The highest BCUT2D eigenvalue weighted by Gasteiger charge is 2.34. The van der Waals surface area contributed by atoms with Crippen molar-refractivity contribution in [2.45, 2.75) is 6.04 Å². The summed E-state index contributed by atoms with van der Waals surface area (Å²) < 4.78 is 0. The lowest BCUT2D eigenvalue weighted by molar-refractivity contribution is -0.127. The molecule has 5 nitrogen and oxygen atoms in total. The number of nitrogens with zero attached hydrogens (tertiary/aromatic N) is 2. The number of para-hydroxylation sites is 2. The van der Waals surface area contributed by atoms with E-state index in [0.29, 0.717) is 11.4 Å². The molecule has 0 radical (unpaired) electrons. The fraction of sp³-hybridized carbons (Fsp3) is 0.273. The summed E-state index contributed by atoms with van der Waals surface area (Å²) in [5.74, 6) is -0.774. The number of benzene rings is 1. The largest absolute Gasteiger partial charge is 0.312 e. The summed E-state index contributed by atoms with van der Waals surface area (Å²) in [4.78, 5) is 26.5. The SMILES string of the molecule is CN1C(=O)C(N)C(=O)N(C)c2ccccc21.Cl. The minimum Gasteiger partial charge on any atom is -0.312 e. The van der Waals surface area contributed by atoms with Gasteiger partial charge in [0.1, 0.15) is 0 Å². The summed E-state index contributed by atoms with van der Waals surface area (Å²) >= 11 is 0. The van der Waals surface area contributed by atoms with Gasteiger partial charge in [0, 0.05) is 14.1 Å². The van der Waals surface area contributed by atoms with Crippen LogP contribution in [0.5, 0.6) is 0 Å². The zero-order valence-electron chi connectivity index (χ0n) is 9.58. The van der Waals surface area contributed by atoms with E-state index in [0.717, 1.165) is 0 Å². The van der Waals surface area contributed by atoms with Gasteiger partial charge in [0.15, 0.2) is 6.04 Å². The van der Waals surface area contributed by atoms with Crippen LogP contribution in [0.2, 0.25) is 0 Å². The Balaban J connectivity index is 0.00000144. The quantitative estimate of drug-likeness (QED) is 0.682. The number of anilines is 2. The molecule has 1 aliphatic rings. The van der Waals surface area contributed by atoms with E-state index in [4.69, 9.17) is 5.73 Å². The second-order valence-corrected chi connectivity index (χ2v) is 3.76. The minimum absolute atomic E-state index is 0. The number of hydrogen-bond acceptors (Lipinski definition) is 3. The van der Waals surface area contributed by atoms with Gasteiger partial charge in [-0.3, -0.25) is 9.59 Å². The Morgan fingerprint density at radius 1 is 1.00 bits per heavy atom. The van der Waals surface area contributed by atoms with Crippen LogP contribution in [0.4, 0.5) is 11.4 Å². The van der Waals surface area contributed by atoms with E-state index >= 15 is 0 Å². The summed E-state index contributed by atoms with van der Waals surface area (Å²) in [6.45, 7) is 0. The van der Waals surface area contributed by atoms with E-state index in [1.165, 1.54) is 9.80 Å². The molecule has 1 heterocycles. The van der Waals surface area contributed by atoms with Crippen molar-refractivity contribution in [3.05, 3.63) is 24.3 Å². The average molecular weight is 256 g/mol. The van der Waals surface area contributed by atoms with Gasteiger partial charge in [-0.15, -0.1) is 12.4 Å². The molecule has 0 aromatic heterocycles. The first-order valence-corrected chi connectivity index (χ1v) is 4.94. The average Bonchev–Trinajstić information content (AvgIpc) is 2.38. The molecule has 1 aliphatic heterocycles. The number of carbonyl (C=O) groups excluding carboxylic acids is 2. The topological polar surface area (TPSA) is 66.6 Å². The van der Waals surface area contributed by atoms with Crippen LogP contribution in [0.15, 0.2) is 24.3 Å². The van der Waals surface area contributed by atoms with Crippen LogP contribution >= 0.6 is 12.4 Å². The van der Waals surface area contributed by atoms with Gasteiger partial charge >= 0.3 is 0 Å². The van der Waals surface area contributed by atoms with Gasteiger partial charge in [-0.1, -0.05) is 12.1 Å². The number of halogens is 1. The van der Waals surface area contributed by atoms with E-state index in [2.05, 4.69) is 0 Å². The molecule has 0 saturated heterocycles. The molecular weight excluding hydrogens is 242 g/mol. The zero-order chi connectivity index (χ0) is 11.9. The van der Waals surface area contributed by atoms with Gasteiger partial charge in [0.2, 0.25) is 0 Å². The van der Waals surface area contributed by atoms with Crippen molar-refractivity contribution in [1.82, 2.24) is 0 Å². The highest BCUT2D eigenvalue weighted by molar-refractivity contribution is 6.19. The molecule has 92 valence electrons. The predicted octanol–water partition coefficient (Wildman–Crippen LogP) is 0.375. The van der Waals surface area contributed by atoms with E-state index in [1.54, 1.807) is 26.2 Å². The first-order chi connectivity index (χ1) is 7.54. The van der Waals surface area contributed by atoms with Crippen molar-refractivity contribution in [1.29, 1.82) is 0 Å². The third-order valence-electron chi connectivity index (χ3n) is 2.80. The number of fused-ring (bicyclic) bond motifs is 1. The third-order valence-corrected chi connectivity index (χ3v) is 2.80. The van der Waals surface area contributed by atoms with Crippen LogP contribution in [0, 0.1) is 0 Å². The summed E-state index contributed by atoms with van der Waals surface area (Å²) in [7, 11) is 3.24. The van der Waals surface area contributed by atoms with Gasteiger partial charge in [-0.05, 0) is 12.1 Å². The van der Waals surface area contributed by atoms with Crippen LogP contribution in [-0.4, -0.2) is 32.0 Å². The van der Waals surface area contributed by atoms with E-state index in [1.807, 2.05) is 12.1 Å². The van der Waals surface area contributed by atoms with Gasteiger partial charge in [0.25, 0.3) is 11.8 Å². The smallest absolute Gasteiger partial charge is 0.253 e. The normalized spacial score (nSPS) is 16.4. The fourth-order valence-corrected chi connectivity index (χ4v) is 1.79. The maximum Gasteiger partial charge on any atom is 0.253 e. The predicted molar refractivity (Wildman–Crippen MR) is 68.5 cm³/mol. The Hall–Kier alpha value is -1.59.